The molecule has 2 N–H and O–H groups in total. The number of halogens is 1. The normalized spacial score (nSPS) is 23.8. The predicted octanol–water partition coefficient (Wildman–Crippen LogP) is 1.94. The molecule has 4 nitrogen and oxygen atoms in total. The van der Waals surface area contributed by atoms with Crippen molar-refractivity contribution in [3.05, 3.63) is 29.6 Å². The summed E-state index contributed by atoms with van der Waals surface area (Å²) in [4.78, 5) is -0.00339. The summed E-state index contributed by atoms with van der Waals surface area (Å²) in [5.41, 5.74) is 0.443. The van der Waals surface area contributed by atoms with Crippen LogP contribution >= 0.6 is 0 Å². The van der Waals surface area contributed by atoms with Gasteiger partial charge in [0.05, 0.1) is 4.90 Å². The van der Waals surface area contributed by atoms with Crippen molar-refractivity contribution in [1.82, 2.24) is 10.0 Å². The van der Waals surface area contributed by atoms with Crippen molar-refractivity contribution in [2.45, 2.75) is 49.6 Å². The highest BCUT2D eigenvalue weighted by atomic mass is 32.2. The maximum Gasteiger partial charge on any atom is 0.240 e. The first kappa shape index (κ1) is 15.4. The largest absolute Gasteiger partial charge is 0.317 e. The molecule has 0 spiro atoms. The van der Waals surface area contributed by atoms with E-state index in [1.807, 2.05) is 7.05 Å². The minimum Gasteiger partial charge on any atom is -0.317 e. The molecule has 0 atom stereocenters. The van der Waals surface area contributed by atoms with Crippen molar-refractivity contribution >= 4 is 10.0 Å². The first-order valence-corrected chi connectivity index (χ1v) is 8.36. The number of hydrogen-bond donors (Lipinski definition) is 2. The van der Waals surface area contributed by atoms with Crippen molar-refractivity contribution in [2.75, 3.05) is 7.05 Å². The molecule has 0 heterocycles. The van der Waals surface area contributed by atoms with Crippen LogP contribution in [-0.2, 0) is 10.0 Å². The molecule has 0 saturated heterocycles. The fraction of sp³-hybridized carbons (Fsp3) is 0.571. The molecule has 1 aliphatic rings. The third kappa shape index (κ3) is 3.56. The van der Waals surface area contributed by atoms with Crippen LogP contribution in [0.3, 0.4) is 0 Å². The van der Waals surface area contributed by atoms with Crippen molar-refractivity contribution in [3.8, 4) is 0 Å². The summed E-state index contributed by atoms with van der Waals surface area (Å²) in [6.45, 7) is 1.61. The molecule has 1 saturated carbocycles. The number of hydrogen-bond acceptors (Lipinski definition) is 3. The zero-order valence-electron chi connectivity index (χ0n) is 11.8. The standard InChI is InChI=1S/C14H21FN2O2S/c1-10-3-8-13(9-14(10)15)20(18,19)17-12-6-4-11(16-2)5-7-12/h3,8-9,11-12,16-17H,4-7H2,1-2H3. The fourth-order valence-electron chi connectivity index (χ4n) is 2.53. The molecule has 0 radical (unpaired) electrons. The summed E-state index contributed by atoms with van der Waals surface area (Å²) in [5.74, 6) is -0.494. The zero-order valence-corrected chi connectivity index (χ0v) is 12.6. The molecule has 0 aromatic heterocycles. The number of nitrogens with one attached hydrogen (secondary N) is 2. The monoisotopic (exact) mass is 300 g/mol. The minimum atomic E-state index is -3.63. The highest BCUT2D eigenvalue weighted by Gasteiger charge is 2.25. The van der Waals surface area contributed by atoms with E-state index in [1.54, 1.807) is 6.92 Å². The summed E-state index contributed by atoms with van der Waals surface area (Å²) in [6.07, 6.45) is 3.51. The lowest BCUT2D eigenvalue weighted by Crippen LogP contribution is -2.41. The van der Waals surface area contributed by atoms with E-state index < -0.39 is 15.8 Å². The van der Waals surface area contributed by atoms with E-state index in [2.05, 4.69) is 10.0 Å². The molecule has 0 amide bonds. The highest BCUT2D eigenvalue weighted by Crippen LogP contribution is 2.21. The predicted molar refractivity (Wildman–Crippen MR) is 76.6 cm³/mol. The fourth-order valence-corrected chi connectivity index (χ4v) is 3.84. The first-order chi connectivity index (χ1) is 9.42. The Kier molecular flexibility index (Phi) is 4.78. The Morgan fingerprint density at radius 1 is 1.15 bits per heavy atom. The van der Waals surface area contributed by atoms with Crippen LogP contribution in [0.25, 0.3) is 0 Å². The van der Waals surface area contributed by atoms with Gasteiger partial charge in [0, 0.05) is 12.1 Å². The second kappa shape index (κ2) is 6.20. The van der Waals surface area contributed by atoms with Crippen LogP contribution in [0.1, 0.15) is 31.2 Å². The van der Waals surface area contributed by atoms with E-state index in [9.17, 15) is 12.8 Å². The average Bonchev–Trinajstić information content (AvgIpc) is 2.42. The molecule has 1 aliphatic carbocycles. The molecule has 112 valence electrons. The van der Waals surface area contributed by atoms with Gasteiger partial charge < -0.3 is 5.32 Å². The molecule has 0 aliphatic heterocycles. The number of aryl methyl sites for hydroxylation is 1. The molecule has 0 bridgehead atoms. The second-order valence-electron chi connectivity index (χ2n) is 5.37. The van der Waals surface area contributed by atoms with Crippen LogP contribution in [0.2, 0.25) is 0 Å². The van der Waals surface area contributed by atoms with E-state index >= 15 is 0 Å². The highest BCUT2D eigenvalue weighted by molar-refractivity contribution is 7.89. The summed E-state index contributed by atoms with van der Waals surface area (Å²) in [5, 5.41) is 3.21. The second-order valence-corrected chi connectivity index (χ2v) is 7.08. The number of sulfonamides is 1. The van der Waals surface area contributed by atoms with E-state index in [0.717, 1.165) is 31.7 Å². The van der Waals surface area contributed by atoms with Gasteiger partial charge in [0.25, 0.3) is 0 Å². The van der Waals surface area contributed by atoms with Gasteiger partial charge >= 0.3 is 0 Å². The van der Waals surface area contributed by atoms with Gasteiger partial charge in [0.2, 0.25) is 10.0 Å². The molecule has 1 aromatic carbocycles. The molecular weight excluding hydrogens is 279 g/mol. The van der Waals surface area contributed by atoms with E-state index in [4.69, 9.17) is 0 Å². The lowest BCUT2D eigenvalue weighted by Gasteiger charge is -2.28. The lowest BCUT2D eigenvalue weighted by atomic mass is 9.92. The molecule has 1 fully saturated rings. The average molecular weight is 300 g/mol. The molecule has 20 heavy (non-hydrogen) atoms. The van der Waals surface area contributed by atoms with Gasteiger partial charge in [-0.1, -0.05) is 6.07 Å². The quantitative estimate of drug-likeness (QED) is 0.893. The topological polar surface area (TPSA) is 58.2 Å². The molecule has 0 unspecified atom stereocenters. The van der Waals surface area contributed by atoms with Gasteiger partial charge in [0.1, 0.15) is 5.82 Å². The first-order valence-electron chi connectivity index (χ1n) is 6.88. The number of rotatable bonds is 4. The van der Waals surface area contributed by atoms with Gasteiger partial charge in [0.15, 0.2) is 0 Å². The van der Waals surface area contributed by atoms with Crippen LogP contribution in [0.5, 0.6) is 0 Å². The van der Waals surface area contributed by atoms with Crippen molar-refractivity contribution in [1.29, 1.82) is 0 Å². The Balaban J connectivity index is 2.06. The van der Waals surface area contributed by atoms with Gasteiger partial charge in [-0.3, -0.25) is 0 Å². The summed E-state index contributed by atoms with van der Waals surface area (Å²) >= 11 is 0. The smallest absolute Gasteiger partial charge is 0.240 e. The van der Waals surface area contributed by atoms with E-state index in [-0.39, 0.29) is 10.9 Å². The van der Waals surface area contributed by atoms with Crippen LogP contribution in [0.15, 0.2) is 23.1 Å². The Labute approximate surface area is 119 Å². The minimum absolute atomic E-state index is 0.00339. The zero-order chi connectivity index (χ0) is 14.8. The Bertz CT molecular complexity index is 567. The maximum absolute atomic E-state index is 13.5. The molecule has 1 aromatic rings. The SMILES string of the molecule is CNC1CCC(NS(=O)(=O)c2ccc(C)c(F)c2)CC1. The molecule has 6 heteroatoms. The van der Waals surface area contributed by atoms with Crippen LogP contribution in [-0.4, -0.2) is 27.5 Å². The van der Waals surface area contributed by atoms with Crippen LogP contribution in [0, 0.1) is 12.7 Å². The van der Waals surface area contributed by atoms with Crippen molar-refractivity contribution in [2.24, 2.45) is 0 Å². The van der Waals surface area contributed by atoms with Crippen molar-refractivity contribution in [3.63, 3.8) is 0 Å². The summed E-state index contributed by atoms with van der Waals surface area (Å²) < 4.78 is 40.6. The molecule has 2 rings (SSSR count). The summed E-state index contributed by atoms with van der Waals surface area (Å²) in [7, 11) is -1.71. The van der Waals surface area contributed by atoms with Crippen LogP contribution < -0.4 is 10.0 Å². The molecular formula is C14H21FN2O2S. The lowest BCUT2D eigenvalue weighted by molar-refractivity contribution is 0.342. The number of benzene rings is 1. The van der Waals surface area contributed by atoms with Crippen LogP contribution in [0.4, 0.5) is 4.39 Å². The van der Waals surface area contributed by atoms with Gasteiger partial charge in [-0.05, 0) is 57.4 Å². The summed E-state index contributed by atoms with van der Waals surface area (Å²) in [6, 6.07) is 4.42. The van der Waals surface area contributed by atoms with Gasteiger partial charge in [-0.15, -0.1) is 0 Å². The Morgan fingerprint density at radius 3 is 2.30 bits per heavy atom. The van der Waals surface area contributed by atoms with E-state index in [0.29, 0.717) is 11.6 Å². The van der Waals surface area contributed by atoms with E-state index in [1.165, 1.54) is 12.1 Å². The Morgan fingerprint density at radius 2 is 1.75 bits per heavy atom. The maximum atomic E-state index is 13.5. The third-order valence-electron chi connectivity index (χ3n) is 3.91. The van der Waals surface area contributed by atoms with Gasteiger partial charge in [-0.2, -0.15) is 0 Å². The Hall–Kier alpha value is -0.980. The van der Waals surface area contributed by atoms with Crippen molar-refractivity contribution < 1.29 is 12.8 Å². The third-order valence-corrected chi connectivity index (χ3v) is 5.43. The van der Waals surface area contributed by atoms with Gasteiger partial charge in [-0.25, -0.2) is 17.5 Å².